The summed E-state index contributed by atoms with van der Waals surface area (Å²) < 4.78 is 60.6. The molecule has 0 spiro atoms. The van der Waals surface area contributed by atoms with E-state index >= 15 is 0 Å². The Labute approximate surface area is 96.6 Å². The average molecular weight is 265 g/mol. The van der Waals surface area contributed by atoms with Gasteiger partial charge in [-0.25, -0.2) is 8.42 Å². The van der Waals surface area contributed by atoms with Crippen LogP contribution >= 0.6 is 0 Å². The van der Waals surface area contributed by atoms with Crippen molar-refractivity contribution in [3.05, 3.63) is 29.8 Å². The standard InChI is InChI=1S/C10H10F3NO2S/c11-10(12,13)7-1-3-8(4-2-7)17(15,16)9-5-14-6-9/h1-4,9,14H,5-6H2. The maximum atomic E-state index is 12.3. The van der Waals surface area contributed by atoms with Gasteiger partial charge in [0.15, 0.2) is 9.84 Å². The molecule has 3 nitrogen and oxygen atoms in total. The van der Waals surface area contributed by atoms with Crippen LogP contribution in [0.3, 0.4) is 0 Å². The van der Waals surface area contributed by atoms with E-state index in [0.29, 0.717) is 13.1 Å². The number of rotatable bonds is 2. The number of nitrogens with one attached hydrogen (secondary N) is 1. The van der Waals surface area contributed by atoms with E-state index in [2.05, 4.69) is 5.32 Å². The molecule has 0 amide bonds. The second-order valence-corrected chi connectivity index (χ2v) is 6.08. The number of alkyl halides is 3. The second-order valence-electron chi connectivity index (χ2n) is 3.85. The average Bonchev–Trinajstić information content (AvgIpc) is 2.13. The lowest BCUT2D eigenvalue weighted by atomic mass is 10.2. The van der Waals surface area contributed by atoms with Crippen LogP contribution < -0.4 is 5.32 Å². The van der Waals surface area contributed by atoms with Crippen molar-refractivity contribution in [3.8, 4) is 0 Å². The lowest BCUT2D eigenvalue weighted by Gasteiger charge is -2.26. The quantitative estimate of drug-likeness (QED) is 0.880. The van der Waals surface area contributed by atoms with Crippen LogP contribution in [-0.4, -0.2) is 26.8 Å². The van der Waals surface area contributed by atoms with Crippen molar-refractivity contribution in [2.45, 2.75) is 16.3 Å². The highest BCUT2D eigenvalue weighted by Crippen LogP contribution is 2.30. The second kappa shape index (κ2) is 3.99. The highest BCUT2D eigenvalue weighted by molar-refractivity contribution is 7.92. The predicted molar refractivity (Wildman–Crippen MR) is 55.3 cm³/mol. The fraction of sp³-hybridized carbons (Fsp3) is 0.400. The van der Waals surface area contributed by atoms with Crippen molar-refractivity contribution in [2.75, 3.05) is 13.1 Å². The van der Waals surface area contributed by atoms with Crippen LogP contribution in [0.2, 0.25) is 0 Å². The first-order chi connectivity index (χ1) is 7.82. The Morgan fingerprint density at radius 2 is 1.65 bits per heavy atom. The fourth-order valence-corrected chi connectivity index (χ4v) is 3.08. The summed E-state index contributed by atoms with van der Waals surface area (Å²) in [7, 11) is -3.49. The zero-order chi connectivity index (χ0) is 12.7. The van der Waals surface area contributed by atoms with Gasteiger partial charge in [0.2, 0.25) is 0 Å². The topological polar surface area (TPSA) is 46.2 Å². The zero-order valence-electron chi connectivity index (χ0n) is 8.66. The lowest BCUT2D eigenvalue weighted by Crippen LogP contribution is -2.51. The molecule has 0 bridgehead atoms. The molecule has 1 saturated heterocycles. The molecular formula is C10H10F3NO2S. The Balaban J connectivity index is 2.29. The number of hydrogen-bond acceptors (Lipinski definition) is 3. The van der Waals surface area contributed by atoms with Crippen LogP contribution in [0.5, 0.6) is 0 Å². The van der Waals surface area contributed by atoms with E-state index in [4.69, 9.17) is 0 Å². The molecule has 0 unspecified atom stereocenters. The Kier molecular flexibility index (Phi) is 2.90. The van der Waals surface area contributed by atoms with E-state index in [1.54, 1.807) is 0 Å². The maximum absolute atomic E-state index is 12.3. The van der Waals surface area contributed by atoms with Gasteiger partial charge in [-0.1, -0.05) is 0 Å². The number of halogens is 3. The molecule has 0 radical (unpaired) electrons. The molecule has 17 heavy (non-hydrogen) atoms. The maximum Gasteiger partial charge on any atom is 0.416 e. The summed E-state index contributed by atoms with van der Waals surface area (Å²) in [6, 6.07) is 3.60. The number of sulfone groups is 1. The normalized spacial score (nSPS) is 17.8. The van der Waals surface area contributed by atoms with Gasteiger partial charge in [-0.3, -0.25) is 0 Å². The van der Waals surface area contributed by atoms with Crippen molar-refractivity contribution in [1.82, 2.24) is 5.32 Å². The van der Waals surface area contributed by atoms with Gasteiger partial charge in [-0.15, -0.1) is 0 Å². The van der Waals surface area contributed by atoms with Gasteiger partial charge in [-0.2, -0.15) is 13.2 Å². The summed E-state index contributed by atoms with van der Waals surface area (Å²) in [6.07, 6.45) is -4.44. The monoisotopic (exact) mass is 265 g/mol. The summed E-state index contributed by atoms with van der Waals surface area (Å²) in [4.78, 5) is -0.0583. The lowest BCUT2D eigenvalue weighted by molar-refractivity contribution is -0.137. The number of hydrogen-bond donors (Lipinski definition) is 1. The molecule has 2 rings (SSSR count). The first-order valence-electron chi connectivity index (χ1n) is 4.94. The Bertz CT molecular complexity index is 503. The van der Waals surface area contributed by atoms with E-state index in [1.165, 1.54) is 0 Å². The first kappa shape index (κ1) is 12.4. The van der Waals surface area contributed by atoms with Crippen molar-refractivity contribution in [1.29, 1.82) is 0 Å². The molecule has 1 aliphatic rings. The van der Waals surface area contributed by atoms with E-state index in [9.17, 15) is 21.6 Å². The molecule has 1 N–H and O–H groups in total. The fourth-order valence-electron chi connectivity index (χ4n) is 1.51. The Hall–Kier alpha value is -1.08. The Morgan fingerprint density at radius 3 is 2.00 bits per heavy atom. The minimum atomic E-state index is -4.44. The minimum absolute atomic E-state index is 0.0583. The highest BCUT2D eigenvalue weighted by atomic mass is 32.2. The summed E-state index contributed by atoms with van der Waals surface area (Å²) >= 11 is 0. The summed E-state index contributed by atoms with van der Waals surface area (Å²) in [5.74, 6) is 0. The third-order valence-corrected chi connectivity index (χ3v) is 4.83. The molecule has 7 heteroatoms. The van der Waals surface area contributed by atoms with Crippen LogP contribution in [0.1, 0.15) is 5.56 Å². The molecular weight excluding hydrogens is 255 g/mol. The summed E-state index contributed by atoms with van der Waals surface area (Å²) in [5.41, 5.74) is -0.844. The molecule has 1 heterocycles. The minimum Gasteiger partial charge on any atom is -0.314 e. The van der Waals surface area contributed by atoms with Gasteiger partial charge in [-0.05, 0) is 24.3 Å². The molecule has 0 saturated carbocycles. The Morgan fingerprint density at radius 1 is 1.12 bits per heavy atom. The summed E-state index contributed by atoms with van der Waals surface area (Å²) in [5, 5.41) is 2.29. The molecule has 1 aromatic rings. The molecule has 0 atom stereocenters. The van der Waals surface area contributed by atoms with E-state index in [0.717, 1.165) is 24.3 Å². The van der Waals surface area contributed by atoms with E-state index < -0.39 is 26.8 Å². The molecule has 94 valence electrons. The predicted octanol–water partition coefficient (Wildman–Crippen LogP) is 1.45. The molecule has 1 aliphatic heterocycles. The molecule has 0 aliphatic carbocycles. The van der Waals surface area contributed by atoms with Gasteiger partial charge in [0.25, 0.3) is 0 Å². The van der Waals surface area contributed by atoms with Crippen molar-refractivity contribution in [3.63, 3.8) is 0 Å². The van der Waals surface area contributed by atoms with Crippen molar-refractivity contribution in [2.24, 2.45) is 0 Å². The molecule has 0 aromatic heterocycles. The molecule has 1 fully saturated rings. The van der Waals surface area contributed by atoms with Gasteiger partial charge in [0, 0.05) is 13.1 Å². The van der Waals surface area contributed by atoms with Crippen molar-refractivity contribution < 1.29 is 21.6 Å². The first-order valence-corrected chi connectivity index (χ1v) is 6.48. The zero-order valence-corrected chi connectivity index (χ0v) is 9.48. The van der Waals surface area contributed by atoms with Gasteiger partial charge >= 0.3 is 6.18 Å². The SMILES string of the molecule is O=S(=O)(c1ccc(C(F)(F)F)cc1)C1CNC1. The highest BCUT2D eigenvalue weighted by Gasteiger charge is 2.34. The van der Waals surface area contributed by atoms with Crippen LogP contribution in [-0.2, 0) is 16.0 Å². The summed E-state index contributed by atoms with van der Waals surface area (Å²) in [6.45, 7) is 0.701. The van der Waals surface area contributed by atoms with Gasteiger partial charge < -0.3 is 5.32 Å². The van der Waals surface area contributed by atoms with Crippen molar-refractivity contribution >= 4 is 9.84 Å². The third-order valence-electron chi connectivity index (χ3n) is 2.69. The molecule has 1 aromatic carbocycles. The van der Waals surface area contributed by atoms with E-state index in [-0.39, 0.29) is 4.90 Å². The third kappa shape index (κ3) is 2.30. The number of benzene rings is 1. The van der Waals surface area contributed by atoms with Crippen LogP contribution in [0, 0.1) is 0 Å². The largest absolute Gasteiger partial charge is 0.416 e. The van der Waals surface area contributed by atoms with Crippen LogP contribution in [0.15, 0.2) is 29.2 Å². The van der Waals surface area contributed by atoms with E-state index in [1.807, 2.05) is 0 Å². The van der Waals surface area contributed by atoms with Gasteiger partial charge in [0.1, 0.15) is 0 Å². The smallest absolute Gasteiger partial charge is 0.314 e. The van der Waals surface area contributed by atoms with Crippen LogP contribution in [0.4, 0.5) is 13.2 Å². The van der Waals surface area contributed by atoms with Crippen LogP contribution in [0.25, 0.3) is 0 Å². The van der Waals surface area contributed by atoms with Gasteiger partial charge in [0.05, 0.1) is 15.7 Å².